The molecular weight excluding hydrogens is 300 g/mol. The summed E-state index contributed by atoms with van der Waals surface area (Å²) < 4.78 is 6.37. The van der Waals surface area contributed by atoms with Gasteiger partial charge in [-0.05, 0) is 24.3 Å². The molecule has 0 saturated carbocycles. The highest BCUT2D eigenvalue weighted by Gasteiger charge is 2.06. The molecule has 6 heteroatoms. The Kier molecular flexibility index (Phi) is 6.70. The second kappa shape index (κ2) is 8.07. The van der Waals surface area contributed by atoms with Crippen molar-refractivity contribution in [3.05, 3.63) is 28.7 Å². The zero-order chi connectivity index (χ0) is 13.4. The summed E-state index contributed by atoms with van der Waals surface area (Å²) in [6, 6.07) is 7.36. The first-order valence-electron chi connectivity index (χ1n) is 5.59. The van der Waals surface area contributed by atoms with E-state index in [-0.39, 0.29) is 19.1 Å². The number of carbonyl (C=O) groups excluding carboxylic acids is 1. The van der Waals surface area contributed by atoms with Crippen LogP contribution in [0.5, 0.6) is 5.75 Å². The van der Waals surface area contributed by atoms with Crippen LogP contribution >= 0.6 is 15.9 Å². The lowest BCUT2D eigenvalue weighted by atomic mass is 10.3. The van der Waals surface area contributed by atoms with E-state index in [0.717, 1.165) is 4.47 Å². The van der Waals surface area contributed by atoms with Gasteiger partial charge in [-0.2, -0.15) is 0 Å². The zero-order valence-electron chi connectivity index (χ0n) is 10.1. The average Bonchev–Trinajstić information content (AvgIpc) is 2.38. The first-order valence-corrected chi connectivity index (χ1v) is 6.39. The fourth-order valence-electron chi connectivity index (χ4n) is 1.22. The minimum absolute atomic E-state index is 0.115. The molecule has 0 saturated heterocycles. The summed E-state index contributed by atoms with van der Waals surface area (Å²) >= 11 is 3.33. The van der Waals surface area contributed by atoms with Crippen molar-refractivity contribution in [3.8, 4) is 5.75 Å². The quantitative estimate of drug-likeness (QED) is 0.686. The molecule has 1 aromatic rings. The molecule has 0 radical (unpaired) electrons. The van der Waals surface area contributed by atoms with Gasteiger partial charge >= 0.3 is 0 Å². The van der Waals surface area contributed by atoms with Crippen LogP contribution in [0.4, 0.5) is 0 Å². The molecule has 1 aromatic carbocycles. The van der Waals surface area contributed by atoms with E-state index >= 15 is 0 Å². The van der Waals surface area contributed by atoms with Crippen LogP contribution in [-0.2, 0) is 4.79 Å². The van der Waals surface area contributed by atoms with Crippen molar-refractivity contribution < 1.29 is 14.6 Å². The third kappa shape index (κ3) is 6.00. The third-order valence-electron chi connectivity index (χ3n) is 2.20. The number of aliphatic hydroxyl groups is 1. The second-order valence-electron chi connectivity index (χ2n) is 3.72. The molecule has 1 amide bonds. The fourth-order valence-corrected chi connectivity index (χ4v) is 1.49. The van der Waals surface area contributed by atoms with E-state index in [1.54, 1.807) is 7.05 Å². The standard InChI is InChI=1S/C12H17BrN2O3/c1-14-12(17)7-15-6-10(16)8-18-11-4-2-9(13)3-5-11/h2-5,10,15-16H,6-8H2,1H3,(H,14,17). The Morgan fingerprint density at radius 1 is 1.44 bits per heavy atom. The van der Waals surface area contributed by atoms with Gasteiger partial charge in [0.05, 0.1) is 6.54 Å². The Bertz CT molecular complexity index is 370. The van der Waals surface area contributed by atoms with Gasteiger partial charge in [0.2, 0.25) is 5.91 Å². The van der Waals surface area contributed by atoms with Crippen molar-refractivity contribution >= 4 is 21.8 Å². The summed E-state index contributed by atoms with van der Waals surface area (Å²) in [6.07, 6.45) is -0.654. The summed E-state index contributed by atoms with van der Waals surface area (Å²) in [6.45, 7) is 0.679. The molecule has 0 aromatic heterocycles. The van der Waals surface area contributed by atoms with E-state index in [1.165, 1.54) is 0 Å². The van der Waals surface area contributed by atoms with Crippen LogP contribution in [0.1, 0.15) is 0 Å². The number of aliphatic hydroxyl groups excluding tert-OH is 1. The number of ether oxygens (including phenoxy) is 1. The Morgan fingerprint density at radius 2 is 2.11 bits per heavy atom. The molecule has 0 aliphatic carbocycles. The van der Waals surface area contributed by atoms with E-state index < -0.39 is 6.10 Å². The molecule has 5 nitrogen and oxygen atoms in total. The third-order valence-corrected chi connectivity index (χ3v) is 2.73. The maximum atomic E-state index is 10.9. The lowest BCUT2D eigenvalue weighted by Crippen LogP contribution is -2.37. The number of nitrogens with one attached hydrogen (secondary N) is 2. The van der Waals surface area contributed by atoms with Gasteiger partial charge in [-0.1, -0.05) is 15.9 Å². The molecule has 0 spiro atoms. The number of amides is 1. The van der Waals surface area contributed by atoms with Gasteiger partial charge in [0, 0.05) is 18.1 Å². The van der Waals surface area contributed by atoms with Crippen molar-refractivity contribution in [3.63, 3.8) is 0 Å². The first kappa shape index (κ1) is 14.9. The second-order valence-corrected chi connectivity index (χ2v) is 4.64. The number of benzene rings is 1. The van der Waals surface area contributed by atoms with E-state index in [4.69, 9.17) is 4.74 Å². The summed E-state index contributed by atoms with van der Waals surface area (Å²) in [5, 5.41) is 14.9. The SMILES string of the molecule is CNC(=O)CNCC(O)COc1ccc(Br)cc1. The minimum Gasteiger partial charge on any atom is -0.491 e. The van der Waals surface area contributed by atoms with Crippen LogP contribution in [0.25, 0.3) is 0 Å². The Labute approximate surface area is 115 Å². The monoisotopic (exact) mass is 316 g/mol. The summed E-state index contributed by atoms with van der Waals surface area (Å²) in [7, 11) is 1.57. The lowest BCUT2D eigenvalue weighted by molar-refractivity contribution is -0.119. The van der Waals surface area contributed by atoms with Gasteiger partial charge in [-0.25, -0.2) is 0 Å². The molecular formula is C12H17BrN2O3. The van der Waals surface area contributed by atoms with Crippen molar-refractivity contribution in [2.45, 2.75) is 6.10 Å². The van der Waals surface area contributed by atoms with Crippen LogP contribution in [0, 0.1) is 0 Å². The van der Waals surface area contributed by atoms with Gasteiger partial charge in [0.15, 0.2) is 0 Å². The molecule has 100 valence electrons. The Balaban J connectivity index is 2.18. The molecule has 0 fully saturated rings. The van der Waals surface area contributed by atoms with Gasteiger partial charge in [0.1, 0.15) is 18.5 Å². The van der Waals surface area contributed by atoms with Crippen LogP contribution in [0.3, 0.4) is 0 Å². The van der Waals surface area contributed by atoms with E-state index in [9.17, 15) is 9.90 Å². The predicted octanol–water partition coefficient (Wildman–Crippen LogP) is 0.524. The maximum absolute atomic E-state index is 10.9. The highest BCUT2D eigenvalue weighted by Crippen LogP contribution is 2.16. The van der Waals surface area contributed by atoms with Gasteiger partial charge < -0.3 is 20.5 Å². The minimum atomic E-state index is -0.654. The van der Waals surface area contributed by atoms with Crippen molar-refractivity contribution in [2.24, 2.45) is 0 Å². The Morgan fingerprint density at radius 3 is 2.72 bits per heavy atom. The Hall–Kier alpha value is -1.11. The summed E-state index contributed by atoms with van der Waals surface area (Å²) in [4.78, 5) is 10.9. The number of carbonyl (C=O) groups is 1. The van der Waals surface area contributed by atoms with Crippen LogP contribution < -0.4 is 15.4 Å². The molecule has 0 aliphatic rings. The molecule has 1 rings (SSSR count). The first-order chi connectivity index (χ1) is 8.61. The average molecular weight is 317 g/mol. The fraction of sp³-hybridized carbons (Fsp3) is 0.417. The zero-order valence-corrected chi connectivity index (χ0v) is 11.7. The van der Waals surface area contributed by atoms with Gasteiger partial charge in [0.25, 0.3) is 0 Å². The van der Waals surface area contributed by atoms with E-state index in [1.807, 2.05) is 24.3 Å². The number of halogens is 1. The smallest absolute Gasteiger partial charge is 0.233 e. The highest BCUT2D eigenvalue weighted by atomic mass is 79.9. The van der Waals surface area contributed by atoms with Crippen LogP contribution in [0.2, 0.25) is 0 Å². The number of hydrogen-bond acceptors (Lipinski definition) is 4. The molecule has 1 atom stereocenters. The van der Waals surface area contributed by atoms with Crippen LogP contribution in [-0.4, -0.2) is 43.9 Å². The van der Waals surface area contributed by atoms with Gasteiger partial charge in [-0.3, -0.25) is 4.79 Å². The van der Waals surface area contributed by atoms with Crippen molar-refractivity contribution in [1.29, 1.82) is 0 Å². The summed E-state index contributed by atoms with van der Waals surface area (Å²) in [5.74, 6) is 0.583. The topological polar surface area (TPSA) is 70.6 Å². The van der Waals surface area contributed by atoms with Crippen LogP contribution in [0.15, 0.2) is 28.7 Å². The predicted molar refractivity (Wildman–Crippen MR) is 72.6 cm³/mol. The number of rotatable bonds is 7. The normalized spacial score (nSPS) is 11.9. The summed E-state index contributed by atoms with van der Waals surface area (Å²) in [5.41, 5.74) is 0. The highest BCUT2D eigenvalue weighted by molar-refractivity contribution is 9.10. The van der Waals surface area contributed by atoms with Crippen molar-refractivity contribution in [2.75, 3.05) is 26.7 Å². The van der Waals surface area contributed by atoms with Crippen molar-refractivity contribution in [1.82, 2.24) is 10.6 Å². The molecule has 0 bridgehead atoms. The number of hydrogen-bond donors (Lipinski definition) is 3. The number of likely N-dealkylation sites (N-methyl/N-ethyl adjacent to an activating group) is 1. The maximum Gasteiger partial charge on any atom is 0.233 e. The molecule has 3 N–H and O–H groups in total. The van der Waals surface area contributed by atoms with E-state index in [0.29, 0.717) is 12.3 Å². The van der Waals surface area contributed by atoms with E-state index in [2.05, 4.69) is 26.6 Å². The molecule has 18 heavy (non-hydrogen) atoms. The molecule has 0 heterocycles. The molecule has 0 aliphatic heterocycles. The largest absolute Gasteiger partial charge is 0.491 e. The lowest BCUT2D eigenvalue weighted by Gasteiger charge is -2.13. The molecule has 1 unspecified atom stereocenters. The van der Waals surface area contributed by atoms with Gasteiger partial charge in [-0.15, -0.1) is 0 Å².